The average molecular weight is 418 g/mol. The fraction of sp³-hybridized carbons (Fsp3) is 0. The van der Waals surface area contributed by atoms with Gasteiger partial charge in [0.15, 0.2) is 5.78 Å². The van der Waals surface area contributed by atoms with E-state index in [9.17, 15) is 21.7 Å². The van der Waals surface area contributed by atoms with Gasteiger partial charge in [-0.3, -0.25) is 4.79 Å². The van der Waals surface area contributed by atoms with E-state index < -0.39 is 19.5 Å². The van der Waals surface area contributed by atoms with Gasteiger partial charge >= 0.3 is 36.4 Å². The number of hydrogen-bond acceptors (Lipinski definition) is 1. The molecule has 2 aromatic rings. The third-order valence-corrected chi connectivity index (χ3v) is 2.07. The molecule has 0 unspecified atom stereocenters. The van der Waals surface area contributed by atoms with Crippen LogP contribution in [0.15, 0.2) is 60.7 Å². The average Bonchev–Trinajstić information content (AvgIpc) is 2.36. The molecule has 0 aromatic heterocycles. The first-order valence-corrected chi connectivity index (χ1v) is 11.3. The molecule has 2 aromatic carbocycles. The maximum absolute atomic E-state index is 11.8. The van der Waals surface area contributed by atoms with Gasteiger partial charge in [-0.25, -0.2) is 0 Å². The van der Waals surface area contributed by atoms with Crippen LogP contribution in [0, 0.1) is 0 Å². The van der Waals surface area contributed by atoms with Crippen LogP contribution >= 0.6 is 0 Å². The topological polar surface area (TPSA) is 17.1 Å². The second-order valence-electron chi connectivity index (χ2n) is 4.02. The van der Waals surface area contributed by atoms with E-state index in [1.807, 2.05) is 60.7 Å². The summed E-state index contributed by atoms with van der Waals surface area (Å²) in [6, 6.07) is 18.6. The molecule has 0 saturated heterocycles. The van der Waals surface area contributed by atoms with Gasteiger partial charge in [-0.15, -0.1) is 0 Å². The molecule has 2 rings (SSSR count). The predicted octanol–water partition coefficient (Wildman–Crippen LogP) is 5.06. The molecule has 0 N–H and O–H groups in total. The van der Waals surface area contributed by atoms with Gasteiger partial charge in [0.2, 0.25) is 0 Å². The van der Waals surface area contributed by atoms with Crippen molar-refractivity contribution in [1.29, 1.82) is 0 Å². The first-order chi connectivity index (χ1) is 9.33. The SMILES string of the molecule is O=C(c1ccccc1)c1ccccc1.[F][Sb-]([F])([F])([F])([F])[F]. The molecule has 0 spiro atoms. The minimum atomic E-state index is -11.2. The third-order valence-electron chi connectivity index (χ3n) is 2.07. The fourth-order valence-electron chi connectivity index (χ4n) is 1.35. The second-order valence-corrected chi connectivity index (χ2v) is 9.49. The Morgan fingerprint density at radius 2 is 0.857 bits per heavy atom. The van der Waals surface area contributed by atoms with Gasteiger partial charge < -0.3 is 0 Å². The summed E-state index contributed by atoms with van der Waals surface area (Å²) in [5, 5.41) is 0. The molecule has 0 saturated carbocycles. The molecular weight excluding hydrogens is 408 g/mol. The first kappa shape index (κ1) is 17.6. The summed E-state index contributed by atoms with van der Waals surface area (Å²) in [4.78, 5) is 11.8. The van der Waals surface area contributed by atoms with Crippen molar-refractivity contribution in [3.05, 3.63) is 71.8 Å². The zero-order chi connectivity index (χ0) is 16.2. The molecular formula is C13H10F6OSb-. The standard InChI is InChI=1S/C13H10O.6FH.Sb/c14-13(11-7-3-1-4-8-11)12-9-5-2-6-10-12;;;;;;;/h1-10H;6*1H;/q;;;;;;;+5/p-6. The van der Waals surface area contributed by atoms with E-state index in [2.05, 4.69) is 0 Å². The van der Waals surface area contributed by atoms with Crippen LogP contribution < -0.4 is 0 Å². The van der Waals surface area contributed by atoms with E-state index in [0.29, 0.717) is 0 Å². The molecule has 8 heteroatoms. The van der Waals surface area contributed by atoms with Crippen LogP contribution in [0.2, 0.25) is 0 Å². The summed E-state index contributed by atoms with van der Waals surface area (Å²) >= 11 is -11.2. The molecule has 0 heterocycles. The molecule has 0 bridgehead atoms. The van der Waals surface area contributed by atoms with Gasteiger partial charge in [-0.05, 0) is 0 Å². The summed E-state index contributed by atoms with van der Waals surface area (Å²) in [7, 11) is 0. The molecule has 116 valence electrons. The van der Waals surface area contributed by atoms with Crippen LogP contribution in [-0.2, 0) is 0 Å². The Morgan fingerprint density at radius 1 is 0.619 bits per heavy atom. The van der Waals surface area contributed by atoms with Crippen molar-refractivity contribution in [2.24, 2.45) is 0 Å². The van der Waals surface area contributed by atoms with E-state index in [1.54, 1.807) is 0 Å². The van der Waals surface area contributed by atoms with Gasteiger partial charge in [0.05, 0.1) is 0 Å². The van der Waals surface area contributed by atoms with Crippen molar-refractivity contribution in [1.82, 2.24) is 0 Å². The second kappa shape index (κ2) is 5.37. The van der Waals surface area contributed by atoms with Crippen molar-refractivity contribution in [3.8, 4) is 0 Å². The Bertz CT molecular complexity index is 554. The van der Waals surface area contributed by atoms with Crippen LogP contribution in [0.1, 0.15) is 15.9 Å². The number of rotatable bonds is 2. The Morgan fingerprint density at radius 3 is 1.10 bits per heavy atom. The van der Waals surface area contributed by atoms with Crippen LogP contribution in [0.5, 0.6) is 0 Å². The number of benzene rings is 2. The summed E-state index contributed by atoms with van der Waals surface area (Å²) < 4.78 is 59.6. The molecule has 0 aliphatic heterocycles. The summed E-state index contributed by atoms with van der Waals surface area (Å²) in [6.45, 7) is 0. The van der Waals surface area contributed by atoms with Crippen LogP contribution in [0.4, 0.5) is 16.9 Å². The molecule has 0 aliphatic carbocycles. The Hall–Kier alpha value is -1.49. The van der Waals surface area contributed by atoms with Crippen LogP contribution in [0.25, 0.3) is 0 Å². The molecule has 0 aliphatic rings. The molecule has 0 atom stereocenters. The van der Waals surface area contributed by atoms with Gasteiger partial charge in [-0.2, -0.15) is 0 Å². The van der Waals surface area contributed by atoms with Gasteiger partial charge in [0.25, 0.3) is 0 Å². The van der Waals surface area contributed by atoms with Gasteiger partial charge in [0.1, 0.15) is 0 Å². The van der Waals surface area contributed by atoms with Crippen molar-refractivity contribution in [2.75, 3.05) is 0 Å². The minimum absolute atomic E-state index is 0.0752. The van der Waals surface area contributed by atoms with Crippen molar-refractivity contribution in [2.45, 2.75) is 0 Å². The number of hydrogen-bond donors (Lipinski definition) is 0. The van der Waals surface area contributed by atoms with Crippen LogP contribution in [0.3, 0.4) is 0 Å². The molecule has 0 fully saturated rings. The Balaban J connectivity index is 0.000000270. The van der Waals surface area contributed by atoms with Crippen molar-refractivity contribution >= 4 is 25.3 Å². The first-order valence-electron chi connectivity index (χ1n) is 5.54. The van der Waals surface area contributed by atoms with Gasteiger partial charge in [0, 0.05) is 11.1 Å². The maximum atomic E-state index is 11.8. The summed E-state index contributed by atoms with van der Waals surface area (Å²) in [5.74, 6) is 0.0752. The summed E-state index contributed by atoms with van der Waals surface area (Å²) in [6.07, 6.45) is 0. The number of carbonyl (C=O) groups excluding carboxylic acids is 1. The Kier molecular flexibility index (Phi) is 4.49. The number of ketones is 1. The van der Waals surface area contributed by atoms with E-state index >= 15 is 0 Å². The zero-order valence-electron chi connectivity index (χ0n) is 10.4. The van der Waals surface area contributed by atoms with E-state index in [-0.39, 0.29) is 5.78 Å². The zero-order valence-corrected chi connectivity index (χ0v) is 12.9. The van der Waals surface area contributed by atoms with Crippen molar-refractivity contribution in [3.63, 3.8) is 0 Å². The molecule has 1 nitrogen and oxygen atoms in total. The van der Waals surface area contributed by atoms with Crippen LogP contribution in [-0.4, -0.2) is 25.3 Å². The molecule has 21 heavy (non-hydrogen) atoms. The van der Waals surface area contributed by atoms with E-state index in [4.69, 9.17) is 0 Å². The van der Waals surface area contributed by atoms with Crippen molar-refractivity contribution < 1.29 is 21.7 Å². The monoisotopic (exact) mass is 417 g/mol. The number of halogens is 6. The van der Waals surface area contributed by atoms with E-state index in [1.165, 1.54) is 0 Å². The number of carbonyl (C=O) groups is 1. The Labute approximate surface area is 119 Å². The van der Waals surface area contributed by atoms with Gasteiger partial charge in [-0.1, -0.05) is 60.7 Å². The predicted molar refractivity (Wildman–Crippen MR) is 68.7 cm³/mol. The summed E-state index contributed by atoms with van der Waals surface area (Å²) in [5.41, 5.74) is 1.47. The third kappa shape index (κ3) is 9.96. The molecule has 0 amide bonds. The fourth-order valence-corrected chi connectivity index (χ4v) is 1.35. The molecule has 0 radical (unpaired) electrons. The normalized spacial score (nSPS) is 14.2. The van der Waals surface area contributed by atoms with E-state index in [0.717, 1.165) is 11.1 Å². The quantitative estimate of drug-likeness (QED) is 0.379.